The first-order chi connectivity index (χ1) is 12.8. The van der Waals surface area contributed by atoms with Crippen LogP contribution in [0, 0.1) is 0 Å². The molecule has 1 heterocycles. The van der Waals surface area contributed by atoms with Crippen molar-refractivity contribution in [2.24, 2.45) is 0 Å². The maximum atomic E-state index is 12.7. The van der Waals surface area contributed by atoms with Gasteiger partial charge in [0, 0.05) is 11.8 Å². The first-order valence-corrected chi connectivity index (χ1v) is 9.46. The van der Waals surface area contributed by atoms with Gasteiger partial charge in [-0.2, -0.15) is 0 Å². The van der Waals surface area contributed by atoms with Gasteiger partial charge in [0.2, 0.25) is 5.91 Å². The molecule has 0 radical (unpaired) electrons. The van der Waals surface area contributed by atoms with Crippen LogP contribution in [0.4, 0.5) is 5.69 Å². The summed E-state index contributed by atoms with van der Waals surface area (Å²) in [6.07, 6.45) is 0. The van der Waals surface area contributed by atoms with Gasteiger partial charge in [0.1, 0.15) is 10.9 Å². The number of nitrogens with one attached hydrogen (secondary N) is 1. The fourth-order valence-corrected chi connectivity index (χ4v) is 4.58. The number of rotatable bonds is 5. The number of nitrogens with zero attached hydrogens (tertiary/aromatic N) is 1. The van der Waals surface area contributed by atoms with E-state index in [0.29, 0.717) is 21.5 Å². The maximum Gasteiger partial charge on any atom is 0.269 e. The van der Waals surface area contributed by atoms with Crippen LogP contribution in [0.25, 0.3) is 0 Å². The number of sulfonamides is 1. The van der Waals surface area contributed by atoms with Gasteiger partial charge in [-0.15, -0.1) is 0 Å². The van der Waals surface area contributed by atoms with Crippen molar-refractivity contribution in [2.75, 3.05) is 19.5 Å². The first-order valence-electron chi connectivity index (χ1n) is 8.02. The van der Waals surface area contributed by atoms with Crippen molar-refractivity contribution < 1.29 is 27.5 Å². The van der Waals surface area contributed by atoms with Gasteiger partial charge in [-0.1, -0.05) is 12.1 Å². The SMILES string of the molecule is COc1ccc(NC(=O)C(C)N2C(=O)c3ccccc3S2(=O)=O)cc1OC. The Morgan fingerprint density at radius 1 is 1.07 bits per heavy atom. The molecule has 3 rings (SSSR count). The van der Waals surface area contributed by atoms with E-state index in [-0.39, 0.29) is 10.5 Å². The third-order valence-electron chi connectivity index (χ3n) is 4.24. The van der Waals surface area contributed by atoms with Crippen molar-refractivity contribution in [1.82, 2.24) is 4.31 Å². The van der Waals surface area contributed by atoms with Crippen LogP contribution in [-0.2, 0) is 14.8 Å². The summed E-state index contributed by atoms with van der Waals surface area (Å²) in [5.41, 5.74) is 0.439. The number of ether oxygens (including phenoxy) is 2. The van der Waals surface area contributed by atoms with E-state index in [1.165, 1.54) is 39.3 Å². The molecule has 142 valence electrons. The van der Waals surface area contributed by atoms with Crippen molar-refractivity contribution >= 4 is 27.5 Å². The average Bonchev–Trinajstić information content (AvgIpc) is 2.87. The van der Waals surface area contributed by atoms with Crippen molar-refractivity contribution in [1.29, 1.82) is 0 Å². The summed E-state index contributed by atoms with van der Waals surface area (Å²) in [6.45, 7) is 1.36. The highest BCUT2D eigenvalue weighted by Gasteiger charge is 2.45. The zero-order valence-electron chi connectivity index (χ0n) is 14.9. The Labute approximate surface area is 156 Å². The summed E-state index contributed by atoms with van der Waals surface area (Å²) in [4.78, 5) is 25.0. The number of methoxy groups -OCH3 is 2. The molecule has 27 heavy (non-hydrogen) atoms. The minimum absolute atomic E-state index is 0.0586. The molecule has 1 aliphatic rings. The number of fused-ring (bicyclic) bond motifs is 1. The summed E-state index contributed by atoms with van der Waals surface area (Å²) in [7, 11) is -1.13. The van der Waals surface area contributed by atoms with Crippen molar-refractivity contribution in [3.8, 4) is 11.5 Å². The number of amides is 2. The molecular weight excluding hydrogens is 372 g/mol. The second-order valence-electron chi connectivity index (χ2n) is 5.84. The maximum absolute atomic E-state index is 12.7. The molecule has 0 aromatic heterocycles. The Bertz CT molecular complexity index is 1020. The largest absolute Gasteiger partial charge is 0.493 e. The van der Waals surface area contributed by atoms with E-state index in [1.807, 2.05) is 0 Å². The lowest BCUT2D eigenvalue weighted by Gasteiger charge is -2.22. The number of carbonyl (C=O) groups is 2. The summed E-state index contributed by atoms with van der Waals surface area (Å²) >= 11 is 0. The average molecular weight is 390 g/mol. The quantitative estimate of drug-likeness (QED) is 0.836. The van der Waals surface area contributed by atoms with Crippen LogP contribution in [0.3, 0.4) is 0 Å². The second kappa shape index (κ2) is 6.92. The molecule has 0 spiro atoms. The van der Waals surface area contributed by atoms with Crippen molar-refractivity contribution in [2.45, 2.75) is 17.9 Å². The molecule has 0 aliphatic carbocycles. The second-order valence-corrected chi connectivity index (χ2v) is 7.62. The molecule has 0 saturated heterocycles. The third-order valence-corrected chi connectivity index (χ3v) is 6.15. The van der Waals surface area contributed by atoms with Gasteiger partial charge < -0.3 is 14.8 Å². The molecule has 1 N–H and O–H groups in total. The predicted octanol–water partition coefficient (Wildman–Crippen LogP) is 1.88. The van der Waals surface area contributed by atoms with Crippen LogP contribution < -0.4 is 14.8 Å². The molecule has 2 aromatic carbocycles. The fourth-order valence-electron chi connectivity index (χ4n) is 2.85. The molecule has 0 bridgehead atoms. The molecule has 1 unspecified atom stereocenters. The lowest BCUT2D eigenvalue weighted by molar-refractivity contribution is -0.118. The Hall–Kier alpha value is -3.07. The number of hydrogen-bond donors (Lipinski definition) is 1. The normalized spacial score (nSPS) is 15.8. The number of benzene rings is 2. The van der Waals surface area contributed by atoms with E-state index in [9.17, 15) is 18.0 Å². The van der Waals surface area contributed by atoms with Crippen molar-refractivity contribution in [3.05, 3.63) is 48.0 Å². The highest BCUT2D eigenvalue weighted by Crippen LogP contribution is 2.33. The summed E-state index contributed by atoms with van der Waals surface area (Å²) in [5, 5.41) is 2.60. The monoisotopic (exact) mass is 390 g/mol. The molecule has 1 aliphatic heterocycles. The van der Waals surface area contributed by atoms with Gasteiger partial charge in [0.15, 0.2) is 11.5 Å². The lowest BCUT2D eigenvalue weighted by atomic mass is 10.2. The van der Waals surface area contributed by atoms with Gasteiger partial charge in [-0.25, -0.2) is 12.7 Å². The van der Waals surface area contributed by atoms with E-state index in [0.717, 1.165) is 0 Å². The zero-order chi connectivity index (χ0) is 19.8. The fraction of sp³-hybridized carbons (Fsp3) is 0.222. The molecule has 2 amide bonds. The molecule has 1 atom stereocenters. The number of anilines is 1. The van der Waals surface area contributed by atoms with E-state index in [2.05, 4.69) is 5.32 Å². The smallest absolute Gasteiger partial charge is 0.269 e. The Morgan fingerprint density at radius 2 is 1.74 bits per heavy atom. The van der Waals surface area contributed by atoms with Gasteiger partial charge in [-0.05, 0) is 31.2 Å². The Balaban J connectivity index is 1.86. The van der Waals surface area contributed by atoms with Gasteiger partial charge in [0.25, 0.3) is 15.9 Å². The van der Waals surface area contributed by atoms with E-state index in [1.54, 1.807) is 24.3 Å². The van der Waals surface area contributed by atoms with Crippen LogP contribution in [0.5, 0.6) is 11.5 Å². The zero-order valence-corrected chi connectivity index (χ0v) is 15.7. The minimum Gasteiger partial charge on any atom is -0.493 e. The third kappa shape index (κ3) is 3.10. The molecule has 2 aromatic rings. The summed E-state index contributed by atoms with van der Waals surface area (Å²) in [6, 6.07) is 9.37. The van der Waals surface area contributed by atoms with Crippen molar-refractivity contribution in [3.63, 3.8) is 0 Å². The van der Waals surface area contributed by atoms with Gasteiger partial charge >= 0.3 is 0 Å². The van der Waals surface area contributed by atoms with Crippen LogP contribution >= 0.6 is 0 Å². The van der Waals surface area contributed by atoms with Gasteiger partial charge in [-0.3, -0.25) is 9.59 Å². The molecule has 9 heteroatoms. The topological polar surface area (TPSA) is 102 Å². The highest BCUT2D eigenvalue weighted by atomic mass is 32.2. The Morgan fingerprint density at radius 3 is 2.37 bits per heavy atom. The summed E-state index contributed by atoms with van der Waals surface area (Å²) < 4.78 is 36.2. The van der Waals surface area contributed by atoms with E-state index in [4.69, 9.17) is 9.47 Å². The lowest BCUT2D eigenvalue weighted by Crippen LogP contribution is -2.45. The molecule has 8 nitrogen and oxygen atoms in total. The number of carbonyl (C=O) groups excluding carboxylic acids is 2. The standard InChI is InChI=1S/C18H18N2O6S/c1-11(17(21)19-12-8-9-14(25-2)15(10-12)26-3)20-18(22)13-6-4-5-7-16(13)27(20,23)24/h4-11H,1-3H3,(H,19,21). The first kappa shape index (κ1) is 18.7. The van der Waals surface area contributed by atoms with E-state index < -0.39 is 27.9 Å². The number of hydrogen-bond acceptors (Lipinski definition) is 6. The van der Waals surface area contributed by atoms with Crippen LogP contribution in [0.2, 0.25) is 0 Å². The Kier molecular flexibility index (Phi) is 4.79. The molecule has 0 fully saturated rings. The predicted molar refractivity (Wildman–Crippen MR) is 97.4 cm³/mol. The summed E-state index contributed by atoms with van der Waals surface area (Å²) in [5.74, 6) is -0.482. The van der Waals surface area contributed by atoms with E-state index >= 15 is 0 Å². The van der Waals surface area contributed by atoms with Crippen LogP contribution in [-0.4, -0.2) is 44.8 Å². The van der Waals surface area contributed by atoms with Crippen LogP contribution in [0.15, 0.2) is 47.4 Å². The molecule has 0 saturated carbocycles. The van der Waals surface area contributed by atoms with Gasteiger partial charge in [0.05, 0.1) is 19.8 Å². The van der Waals surface area contributed by atoms with Crippen LogP contribution in [0.1, 0.15) is 17.3 Å². The minimum atomic E-state index is -4.08. The molecular formula is C18H18N2O6S. The highest BCUT2D eigenvalue weighted by molar-refractivity contribution is 7.90.